The van der Waals surface area contributed by atoms with Crippen molar-refractivity contribution in [1.29, 1.82) is 0 Å². The molecule has 8 nitrogen and oxygen atoms in total. The van der Waals surface area contributed by atoms with Crippen molar-refractivity contribution in [2.45, 2.75) is 18.6 Å². The van der Waals surface area contributed by atoms with Crippen LogP contribution in [0.2, 0.25) is 5.02 Å². The Hall–Kier alpha value is -2.69. The summed E-state index contributed by atoms with van der Waals surface area (Å²) in [6.07, 6.45) is 0.892. The Morgan fingerprint density at radius 1 is 1.32 bits per heavy atom. The van der Waals surface area contributed by atoms with Crippen molar-refractivity contribution >= 4 is 44.8 Å². The first-order chi connectivity index (χ1) is 14.4. The van der Waals surface area contributed by atoms with Gasteiger partial charge in [0, 0.05) is 37.3 Å². The molecule has 0 saturated carbocycles. The SMILES string of the molecule is CN(c1cccc(N2CCC(O)(C(=O)NCc3cc(F)cc(Cl)c3)C2=O)c1)S(C)(=O)=O. The summed E-state index contributed by atoms with van der Waals surface area (Å²) < 4.78 is 38.0. The van der Waals surface area contributed by atoms with E-state index >= 15 is 0 Å². The number of amides is 2. The minimum atomic E-state index is -3.51. The predicted octanol–water partition coefficient (Wildman–Crippen LogP) is 1.66. The van der Waals surface area contributed by atoms with Crippen LogP contribution in [0.25, 0.3) is 0 Å². The van der Waals surface area contributed by atoms with Crippen LogP contribution >= 0.6 is 11.6 Å². The Bertz CT molecular complexity index is 1120. The fourth-order valence-corrected chi connectivity index (χ4v) is 3.99. The Balaban J connectivity index is 1.75. The number of carbonyl (C=O) groups excluding carboxylic acids is 2. The lowest BCUT2D eigenvalue weighted by Crippen LogP contribution is -2.52. The molecule has 0 bridgehead atoms. The molecular weight excluding hydrogens is 449 g/mol. The van der Waals surface area contributed by atoms with E-state index in [9.17, 15) is 27.5 Å². The molecule has 2 N–H and O–H groups in total. The number of hydrogen-bond donors (Lipinski definition) is 2. The molecule has 31 heavy (non-hydrogen) atoms. The van der Waals surface area contributed by atoms with E-state index in [0.717, 1.165) is 16.6 Å². The Kier molecular flexibility index (Phi) is 6.26. The van der Waals surface area contributed by atoms with Gasteiger partial charge in [0.15, 0.2) is 0 Å². The van der Waals surface area contributed by atoms with Crippen molar-refractivity contribution in [2.24, 2.45) is 0 Å². The summed E-state index contributed by atoms with van der Waals surface area (Å²) in [7, 11) is -2.13. The number of halogens is 2. The molecule has 3 rings (SSSR count). The summed E-state index contributed by atoms with van der Waals surface area (Å²) in [4.78, 5) is 26.7. The van der Waals surface area contributed by atoms with Crippen LogP contribution in [0.3, 0.4) is 0 Å². The normalized spacial score (nSPS) is 18.9. The zero-order valence-corrected chi connectivity index (χ0v) is 18.4. The van der Waals surface area contributed by atoms with Gasteiger partial charge in [0.2, 0.25) is 15.6 Å². The number of nitrogens with zero attached hydrogens (tertiary/aromatic N) is 2. The van der Waals surface area contributed by atoms with Gasteiger partial charge in [-0.3, -0.25) is 13.9 Å². The van der Waals surface area contributed by atoms with E-state index in [0.29, 0.717) is 16.9 Å². The van der Waals surface area contributed by atoms with Crippen molar-refractivity contribution in [1.82, 2.24) is 5.32 Å². The minimum Gasteiger partial charge on any atom is -0.372 e. The molecule has 2 amide bonds. The molecule has 0 spiro atoms. The highest BCUT2D eigenvalue weighted by Crippen LogP contribution is 2.31. The topological polar surface area (TPSA) is 107 Å². The quantitative estimate of drug-likeness (QED) is 0.626. The summed E-state index contributed by atoms with van der Waals surface area (Å²) in [6, 6.07) is 9.96. The molecule has 0 aliphatic carbocycles. The number of benzene rings is 2. The molecule has 166 valence electrons. The summed E-state index contributed by atoms with van der Waals surface area (Å²) >= 11 is 5.79. The van der Waals surface area contributed by atoms with Crippen molar-refractivity contribution in [3.63, 3.8) is 0 Å². The molecule has 1 unspecified atom stereocenters. The molecular formula is C20H21ClFN3O5S. The standard InChI is InChI=1S/C20H21ClFN3O5S/c1-24(31(2,29)30)16-4-3-5-17(11-16)25-7-6-20(28,19(25)27)18(26)23-12-13-8-14(21)10-15(22)9-13/h3-5,8-11,28H,6-7,12H2,1-2H3,(H,23,26). The fourth-order valence-electron chi connectivity index (χ4n) is 3.25. The largest absolute Gasteiger partial charge is 0.372 e. The van der Waals surface area contributed by atoms with Gasteiger partial charge in [0.05, 0.1) is 11.9 Å². The minimum absolute atomic E-state index is 0.0561. The molecule has 1 atom stereocenters. The Labute approximate surface area is 184 Å². The van der Waals surface area contributed by atoms with E-state index < -0.39 is 33.3 Å². The third kappa shape index (κ3) is 4.81. The molecule has 1 saturated heterocycles. The third-order valence-corrected chi connectivity index (χ3v) is 6.47. The molecule has 11 heteroatoms. The molecule has 1 aliphatic rings. The van der Waals surface area contributed by atoms with Crippen molar-refractivity contribution < 1.29 is 27.5 Å². The Morgan fingerprint density at radius 2 is 2.03 bits per heavy atom. The van der Waals surface area contributed by atoms with Gasteiger partial charge in [-0.1, -0.05) is 17.7 Å². The van der Waals surface area contributed by atoms with Gasteiger partial charge >= 0.3 is 0 Å². The lowest BCUT2D eigenvalue weighted by molar-refractivity contribution is -0.149. The summed E-state index contributed by atoms with van der Waals surface area (Å²) in [5, 5.41) is 13.3. The molecule has 2 aromatic carbocycles. The first kappa shape index (κ1) is 23.0. The maximum atomic E-state index is 13.4. The van der Waals surface area contributed by atoms with Crippen LogP contribution in [0, 0.1) is 5.82 Å². The van der Waals surface area contributed by atoms with Gasteiger partial charge in [0.1, 0.15) is 5.82 Å². The van der Waals surface area contributed by atoms with Crippen LogP contribution in [0.4, 0.5) is 15.8 Å². The van der Waals surface area contributed by atoms with E-state index in [-0.39, 0.29) is 24.5 Å². The smallest absolute Gasteiger partial charge is 0.268 e. The number of anilines is 2. The van der Waals surface area contributed by atoms with Gasteiger partial charge in [0.25, 0.3) is 11.8 Å². The fraction of sp³-hybridized carbons (Fsp3) is 0.300. The number of rotatable bonds is 6. The summed E-state index contributed by atoms with van der Waals surface area (Å²) in [5.41, 5.74) is -1.24. The summed E-state index contributed by atoms with van der Waals surface area (Å²) in [6.45, 7) is -0.0683. The first-order valence-corrected chi connectivity index (χ1v) is 11.5. The van der Waals surface area contributed by atoms with Crippen molar-refractivity contribution in [3.05, 3.63) is 58.9 Å². The zero-order valence-electron chi connectivity index (χ0n) is 16.8. The number of nitrogens with one attached hydrogen (secondary N) is 1. The van der Waals surface area contributed by atoms with Crippen LogP contribution in [-0.4, -0.2) is 50.8 Å². The van der Waals surface area contributed by atoms with E-state index in [1.807, 2.05) is 0 Å². The van der Waals surface area contributed by atoms with E-state index in [1.54, 1.807) is 18.2 Å². The highest BCUT2D eigenvalue weighted by Gasteiger charge is 2.51. The van der Waals surface area contributed by atoms with E-state index in [2.05, 4.69) is 5.32 Å². The monoisotopic (exact) mass is 469 g/mol. The number of hydrogen-bond acceptors (Lipinski definition) is 5. The van der Waals surface area contributed by atoms with Gasteiger partial charge in [-0.2, -0.15) is 0 Å². The predicted molar refractivity (Wildman–Crippen MR) is 115 cm³/mol. The van der Waals surface area contributed by atoms with Gasteiger partial charge in [-0.15, -0.1) is 0 Å². The van der Waals surface area contributed by atoms with Crippen molar-refractivity contribution in [3.8, 4) is 0 Å². The van der Waals surface area contributed by atoms with Crippen LogP contribution < -0.4 is 14.5 Å². The Morgan fingerprint density at radius 3 is 2.68 bits per heavy atom. The second kappa shape index (κ2) is 8.45. The zero-order chi connectivity index (χ0) is 23.0. The third-order valence-electron chi connectivity index (χ3n) is 5.05. The summed E-state index contributed by atoms with van der Waals surface area (Å²) in [5.74, 6) is -2.32. The maximum absolute atomic E-state index is 13.4. The van der Waals surface area contributed by atoms with Crippen molar-refractivity contribution in [2.75, 3.05) is 29.1 Å². The lowest BCUT2D eigenvalue weighted by atomic mass is 10.0. The van der Waals surface area contributed by atoms with Gasteiger partial charge in [-0.05, 0) is 42.0 Å². The van der Waals surface area contributed by atoms with E-state index in [4.69, 9.17) is 11.6 Å². The second-order valence-corrected chi connectivity index (χ2v) is 9.73. The van der Waals surface area contributed by atoms with E-state index in [1.165, 1.54) is 30.1 Å². The number of sulfonamides is 1. The molecule has 0 aromatic heterocycles. The lowest BCUT2D eigenvalue weighted by Gasteiger charge is -2.23. The van der Waals surface area contributed by atoms with Crippen LogP contribution in [0.1, 0.15) is 12.0 Å². The average molecular weight is 470 g/mol. The van der Waals surface area contributed by atoms with Gasteiger partial charge < -0.3 is 15.3 Å². The highest BCUT2D eigenvalue weighted by atomic mass is 35.5. The number of aliphatic hydroxyl groups is 1. The maximum Gasteiger partial charge on any atom is 0.268 e. The average Bonchev–Trinajstić information content (AvgIpc) is 3.00. The molecule has 1 fully saturated rings. The second-order valence-electron chi connectivity index (χ2n) is 7.28. The molecule has 0 radical (unpaired) electrons. The van der Waals surface area contributed by atoms with Crippen LogP contribution in [0.5, 0.6) is 0 Å². The van der Waals surface area contributed by atoms with Gasteiger partial charge in [-0.25, -0.2) is 12.8 Å². The number of carbonyl (C=O) groups is 2. The van der Waals surface area contributed by atoms with Crippen LogP contribution in [0.15, 0.2) is 42.5 Å². The first-order valence-electron chi connectivity index (χ1n) is 9.23. The molecule has 1 heterocycles. The molecule has 1 aliphatic heterocycles. The highest BCUT2D eigenvalue weighted by molar-refractivity contribution is 7.92. The molecule has 2 aromatic rings. The van der Waals surface area contributed by atoms with Crippen LogP contribution in [-0.2, 0) is 26.2 Å².